The van der Waals surface area contributed by atoms with Gasteiger partial charge in [-0.25, -0.2) is 0 Å². The van der Waals surface area contributed by atoms with Crippen molar-refractivity contribution in [1.29, 1.82) is 0 Å². The molecule has 3 heteroatoms. The topological polar surface area (TPSA) is 29.5 Å². The Balaban J connectivity index is 1.51. The van der Waals surface area contributed by atoms with E-state index in [1.165, 1.54) is 56.5 Å². The maximum absolute atomic E-state index is 10.2. The molecule has 0 aromatic rings. The summed E-state index contributed by atoms with van der Waals surface area (Å²) >= 11 is 2.02. The molecule has 2 fully saturated rings. The Morgan fingerprint density at radius 1 is 1.17 bits per heavy atom. The molecule has 2 nitrogen and oxygen atoms in total. The van der Waals surface area contributed by atoms with Gasteiger partial charge in [-0.05, 0) is 55.4 Å². The molecule has 0 saturated carbocycles. The van der Waals surface area contributed by atoms with E-state index in [9.17, 15) is 5.11 Å². The molecule has 2 unspecified atom stereocenters. The van der Waals surface area contributed by atoms with Crippen LogP contribution in [-0.2, 0) is 4.74 Å². The number of ether oxygens (including phenoxy) is 1. The van der Waals surface area contributed by atoms with Gasteiger partial charge in [0.05, 0.1) is 6.10 Å². The number of thioether (sulfide) groups is 1. The maximum atomic E-state index is 10.2. The molecule has 106 valence electrons. The van der Waals surface area contributed by atoms with Crippen LogP contribution >= 0.6 is 11.8 Å². The molecular weight excluding hydrogens is 244 g/mol. The molecule has 2 saturated heterocycles. The van der Waals surface area contributed by atoms with Crippen LogP contribution in [0.5, 0.6) is 0 Å². The zero-order valence-corrected chi connectivity index (χ0v) is 12.3. The molecule has 2 atom stereocenters. The largest absolute Gasteiger partial charge is 0.393 e. The Hall–Kier alpha value is 0.270. The minimum Gasteiger partial charge on any atom is -0.393 e. The number of hydrogen-bond donors (Lipinski definition) is 1. The second kappa shape index (κ2) is 8.44. The highest BCUT2D eigenvalue weighted by atomic mass is 32.2. The van der Waals surface area contributed by atoms with E-state index in [0.717, 1.165) is 25.6 Å². The first-order valence-electron chi connectivity index (χ1n) is 7.70. The van der Waals surface area contributed by atoms with Crippen molar-refractivity contribution in [3.8, 4) is 0 Å². The zero-order chi connectivity index (χ0) is 12.6. The molecule has 18 heavy (non-hydrogen) atoms. The normalized spacial score (nSPS) is 28.2. The lowest BCUT2D eigenvalue weighted by atomic mass is 9.91. The van der Waals surface area contributed by atoms with Crippen LogP contribution in [-0.4, -0.2) is 35.9 Å². The average molecular weight is 272 g/mol. The van der Waals surface area contributed by atoms with Crippen molar-refractivity contribution in [2.45, 2.75) is 57.5 Å². The fraction of sp³-hybridized carbons (Fsp3) is 1.00. The summed E-state index contributed by atoms with van der Waals surface area (Å²) in [5.74, 6) is 3.95. The van der Waals surface area contributed by atoms with Crippen LogP contribution in [0.15, 0.2) is 0 Å². The monoisotopic (exact) mass is 272 g/mol. The molecule has 2 aliphatic heterocycles. The summed E-state index contributed by atoms with van der Waals surface area (Å²) in [6, 6.07) is 0. The third-order valence-electron chi connectivity index (χ3n) is 4.44. The molecule has 0 amide bonds. The van der Waals surface area contributed by atoms with Crippen LogP contribution in [0, 0.1) is 11.8 Å². The van der Waals surface area contributed by atoms with E-state index in [1.807, 2.05) is 11.8 Å². The first kappa shape index (κ1) is 14.7. The van der Waals surface area contributed by atoms with Gasteiger partial charge in [0.25, 0.3) is 0 Å². The highest BCUT2D eigenvalue weighted by molar-refractivity contribution is 7.99. The van der Waals surface area contributed by atoms with Crippen LogP contribution in [0.3, 0.4) is 0 Å². The molecule has 0 radical (unpaired) electrons. The molecule has 2 heterocycles. The van der Waals surface area contributed by atoms with Crippen molar-refractivity contribution in [1.82, 2.24) is 0 Å². The Kier molecular flexibility index (Phi) is 6.88. The Morgan fingerprint density at radius 3 is 2.72 bits per heavy atom. The second-order valence-electron chi connectivity index (χ2n) is 5.88. The van der Waals surface area contributed by atoms with Gasteiger partial charge in [-0.1, -0.05) is 19.3 Å². The smallest absolute Gasteiger partial charge is 0.0576 e. The summed E-state index contributed by atoms with van der Waals surface area (Å²) in [4.78, 5) is 0. The summed E-state index contributed by atoms with van der Waals surface area (Å²) < 4.78 is 5.38. The molecular formula is C15H28O2S. The molecule has 2 aliphatic rings. The predicted octanol–water partition coefficient (Wildman–Crippen LogP) is 3.48. The fourth-order valence-electron chi connectivity index (χ4n) is 3.13. The lowest BCUT2D eigenvalue weighted by Crippen LogP contribution is -2.25. The van der Waals surface area contributed by atoms with Crippen molar-refractivity contribution in [2.75, 3.05) is 24.7 Å². The lowest BCUT2D eigenvalue weighted by Gasteiger charge is -2.26. The van der Waals surface area contributed by atoms with E-state index in [0.29, 0.717) is 5.92 Å². The van der Waals surface area contributed by atoms with Crippen molar-refractivity contribution in [3.05, 3.63) is 0 Å². The third-order valence-corrected chi connectivity index (χ3v) is 5.68. The molecule has 2 rings (SSSR count). The van der Waals surface area contributed by atoms with E-state index < -0.39 is 0 Å². The first-order chi connectivity index (χ1) is 8.86. The molecule has 1 N–H and O–H groups in total. The van der Waals surface area contributed by atoms with E-state index in [1.54, 1.807) is 0 Å². The van der Waals surface area contributed by atoms with Crippen LogP contribution in [0.2, 0.25) is 0 Å². The Bertz CT molecular complexity index is 211. The summed E-state index contributed by atoms with van der Waals surface area (Å²) in [5.41, 5.74) is 0. The lowest BCUT2D eigenvalue weighted by molar-refractivity contribution is 0.0617. The summed E-state index contributed by atoms with van der Waals surface area (Å²) in [7, 11) is 0. The van der Waals surface area contributed by atoms with Gasteiger partial charge in [0.2, 0.25) is 0 Å². The average Bonchev–Trinajstić information content (AvgIpc) is 2.45. The quantitative estimate of drug-likeness (QED) is 0.751. The Morgan fingerprint density at radius 2 is 2.00 bits per heavy atom. The third kappa shape index (κ3) is 5.10. The van der Waals surface area contributed by atoms with Crippen molar-refractivity contribution in [2.24, 2.45) is 11.8 Å². The SMILES string of the molecule is OC(CCCCC1CCOCC1)C1CCCSC1. The number of rotatable bonds is 6. The molecule has 0 aliphatic carbocycles. The van der Waals surface area contributed by atoms with Crippen molar-refractivity contribution in [3.63, 3.8) is 0 Å². The maximum Gasteiger partial charge on any atom is 0.0576 e. The van der Waals surface area contributed by atoms with E-state index in [2.05, 4.69) is 0 Å². The van der Waals surface area contributed by atoms with Gasteiger partial charge in [-0.15, -0.1) is 0 Å². The minimum atomic E-state index is -0.0347. The van der Waals surface area contributed by atoms with Crippen LogP contribution in [0.4, 0.5) is 0 Å². The summed E-state index contributed by atoms with van der Waals surface area (Å²) in [6.07, 6.45) is 9.88. The van der Waals surface area contributed by atoms with Crippen molar-refractivity contribution >= 4 is 11.8 Å². The second-order valence-corrected chi connectivity index (χ2v) is 7.03. The standard InChI is InChI=1S/C15H28O2S/c16-15(14-5-3-11-18-12-14)6-2-1-4-13-7-9-17-10-8-13/h13-16H,1-12H2. The van der Waals surface area contributed by atoms with Crippen molar-refractivity contribution < 1.29 is 9.84 Å². The predicted molar refractivity (Wildman–Crippen MR) is 78.1 cm³/mol. The number of hydrogen-bond acceptors (Lipinski definition) is 3. The summed E-state index contributed by atoms with van der Waals surface area (Å²) in [5, 5.41) is 10.2. The molecule has 0 aromatic heterocycles. The van der Waals surface area contributed by atoms with Gasteiger partial charge in [0.1, 0.15) is 0 Å². The van der Waals surface area contributed by atoms with E-state index in [-0.39, 0.29) is 6.10 Å². The first-order valence-corrected chi connectivity index (χ1v) is 8.85. The van der Waals surface area contributed by atoms with Gasteiger partial charge in [-0.3, -0.25) is 0 Å². The van der Waals surface area contributed by atoms with Gasteiger partial charge in [0, 0.05) is 13.2 Å². The molecule has 0 spiro atoms. The molecule has 0 bridgehead atoms. The Labute approximate surface area is 116 Å². The van der Waals surface area contributed by atoms with Gasteiger partial charge in [-0.2, -0.15) is 11.8 Å². The molecule has 0 aromatic carbocycles. The number of aliphatic hydroxyl groups excluding tert-OH is 1. The van der Waals surface area contributed by atoms with E-state index in [4.69, 9.17) is 4.74 Å². The fourth-order valence-corrected chi connectivity index (χ4v) is 4.36. The zero-order valence-electron chi connectivity index (χ0n) is 11.5. The number of aliphatic hydroxyl groups is 1. The van der Waals surface area contributed by atoms with Crippen LogP contribution in [0.25, 0.3) is 0 Å². The van der Waals surface area contributed by atoms with Gasteiger partial charge in [0.15, 0.2) is 0 Å². The number of unbranched alkanes of at least 4 members (excludes halogenated alkanes) is 1. The minimum absolute atomic E-state index is 0.0347. The van der Waals surface area contributed by atoms with Gasteiger partial charge >= 0.3 is 0 Å². The van der Waals surface area contributed by atoms with Crippen LogP contribution < -0.4 is 0 Å². The van der Waals surface area contributed by atoms with Crippen LogP contribution in [0.1, 0.15) is 51.4 Å². The summed E-state index contributed by atoms with van der Waals surface area (Å²) in [6.45, 7) is 1.93. The van der Waals surface area contributed by atoms with Gasteiger partial charge < -0.3 is 9.84 Å². The highest BCUT2D eigenvalue weighted by Crippen LogP contribution is 2.28. The van der Waals surface area contributed by atoms with E-state index >= 15 is 0 Å². The highest BCUT2D eigenvalue weighted by Gasteiger charge is 2.21.